The van der Waals surface area contributed by atoms with Gasteiger partial charge in [0, 0.05) is 15.8 Å². The summed E-state index contributed by atoms with van der Waals surface area (Å²) < 4.78 is 40.3. The van der Waals surface area contributed by atoms with E-state index in [0.717, 1.165) is 11.3 Å². The van der Waals surface area contributed by atoms with Gasteiger partial charge in [-0.2, -0.15) is 0 Å². The van der Waals surface area contributed by atoms with E-state index in [1.54, 1.807) is 19.1 Å². The molecule has 0 aliphatic carbocycles. The minimum atomic E-state index is -3.65. The molecular formula is C17H14ClFN2O3S2. The minimum Gasteiger partial charge on any atom is -0.321 e. The zero-order chi connectivity index (χ0) is 19.1. The molecule has 0 saturated carbocycles. The normalized spacial score (nSPS) is 11.7. The first-order valence-corrected chi connectivity index (χ1v) is 10.1. The van der Waals surface area contributed by atoms with Crippen LogP contribution < -0.4 is 10.0 Å². The maximum Gasteiger partial charge on any atom is 0.267 e. The summed E-state index contributed by atoms with van der Waals surface area (Å²) in [6, 6.07) is 8.68. The molecular weight excluding hydrogens is 399 g/mol. The van der Waals surface area contributed by atoms with Crippen LogP contribution in [0, 0.1) is 12.7 Å². The summed E-state index contributed by atoms with van der Waals surface area (Å²) in [5.41, 5.74) is 0.863. The molecule has 2 N–H and O–H groups in total. The molecule has 0 fully saturated rings. The van der Waals surface area contributed by atoms with Crippen LogP contribution in [-0.2, 0) is 10.0 Å². The summed E-state index contributed by atoms with van der Waals surface area (Å²) >= 11 is 7.31. The van der Waals surface area contributed by atoms with Gasteiger partial charge in [-0.25, -0.2) is 17.5 Å². The molecule has 1 aromatic heterocycles. The van der Waals surface area contributed by atoms with Gasteiger partial charge in [0.05, 0.1) is 9.92 Å². The first kappa shape index (κ1) is 18.8. The van der Waals surface area contributed by atoms with Crippen molar-refractivity contribution in [1.82, 2.24) is 4.72 Å². The maximum absolute atomic E-state index is 13.4. The number of nitrogens with one attached hydrogen (secondary N) is 2. The number of anilines is 1. The van der Waals surface area contributed by atoms with Crippen molar-refractivity contribution in [2.24, 2.45) is 0 Å². The van der Waals surface area contributed by atoms with Crippen LogP contribution in [0.3, 0.4) is 0 Å². The smallest absolute Gasteiger partial charge is 0.267 e. The van der Waals surface area contributed by atoms with Gasteiger partial charge in [-0.05, 0) is 49.9 Å². The number of hydrogen-bond acceptors (Lipinski definition) is 4. The van der Waals surface area contributed by atoms with Gasteiger partial charge < -0.3 is 5.32 Å². The Hall–Kier alpha value is -2.00. The summed E-state index contributed by atoms with van der Waals surface area (Å²) in [7, 11) is -2.34. The largest absolute Gasteiger partial charge is 0.321 e. The van der Waals surface area contributed by atoms with Crippen LogP contribution in [0.2, 0.25) is 5.02 Å². The van der Waals surface area contributed by atoms with Gasteiger partial charge in [-0.1, -0.05) is 17.7 Å². The summed E-state index contributed by atoms with van der Waals surface area (Å²) in [6.07, 6.45) is 0. The Morgan fingerprint density at radius 3 is 2.62 bits per heavy atom. The molecule has 0 aliphatic heterocycles. The van der Waals surface area contributed by atoms with Gasteiger partial charge >= 0.3 is 0 Å². The second-order valence-electron chi connectivity index (χ2n) is 5.53. The summed E-state index contributed by atoms with van der Waals surface area (Å²) in [6.45, 7) is 1.66. The molecule has 3 aromatic rings. The zero-order valence-corrected chi connectivity index (χ0v) is 16.2. The highest BCUT2D eigenvalue weighted by molar-refractivity contribution is 7.89. The number of amides is 1. The second kappa shape index (κ2) is 6.96. The number of halogens is 2. The number of carbonyl (C=O) groups is 1. The van der Waals surface area contributed by atoms with E-state index in [-0.39, 0.29) is 14.8 Å². The molecule has 1 heterocycles. The molecule has 0 bridgehead atoms. The van der Waals surface area contributed by atoms with Crippen molar-refractivity contribution in [1.29, 1.82) is 0 Å². The summed E-state index contributed by atoms with van der Waals surface area (Å²) in [5.74, 6) is -0.906. The van der Waals surface area contributed by atoms with Crippen LogP contribution >= 0.6 is 22.9 Å². The highest BCUT2D eigenvalue weighted by atomic mass is 35.5. The number of benzene rings is 2. The fourth-order valence-corrected chi connectivity index (χ4v) is 4.88. The van der Waals surface area contributed by atoms with E-state index < -0.39 is 21.7 Å². The number of sulfonamides is 1. The van der Waals surface area contributed by atoms with E-state index in [0.29, 0.717) is 21.3 Å². The first-order valence-electron chi connectivity index (χ1n) is 7.46. The lowest BCUT2D eigenvalue weighted by Gasteiger charge is -2.10. The molecule has 9 heteroatoms. The third-order valence-corrected chi connectivity index (χ3v) is 7.01. The average Bonchev–Trinajstić information content (AvgIpc) is 2.92. The van der Waals surface area contributed by atoms with E-state index >= 15 is 0 Å². The fraction of sp³-hybridized carbons (Fsp3) is 0.118. The number of aryl methyl sites for hydroxylation is 1. The monoisotopic (exact) mass is 412 g/mol. The van der Waals surface area contributed by atoms with Gasteiger partial charge in [0.25, 0.3) is 5.91 Å². The Morgan fingerprint density at radius 2 is 1.92 bits per heavy atom. The third kappa shape index (κ3) is 3.45. The van der Waals surface area contributed by atoms with E-state index in [9.17, 15) is 17.6 Å². The average molecular weight is 413 g/mol. The van der Waals surface area contributed by atoms with Gasteiger partial charge in [-0.3, -0.25) is 4.79 Å². The molecule has 3 rings (SSSR count). The highest BCUT2D eigenvalue weighted by Gasteiger charge is 2.19. The molecule has 136 valence electrons. The molecule has 1 amide bonds. The lowest BCUT2D eigenvalue weighted by molar-refractivity contribution is 0.103. The molecule has 0 aliphatic rings. The molecule has 2 aromatic carbocycles. The Morgan fingerprint density at radius 1 is 1.19 bits per heavy atom. The van der Waals surface area contributed by atoms with Crippen LogP contribution in [0.5, 0.6) is 0 Å². The molecule has 0 atom stereocenters. The Kier molecular flexibility index (Phi) is 5.03. The third-order valence-electron chi connectivity index (χ3n) is 3.80. The van der Waals surface area contributed by atoms with E-state index in [2.05, 4.69) is 10.0 Å². The number of thiophene rings is 1. The highest BCUT2D eigenvalue weighted by Crippen LogP contribution is 2.36. The Labute approximate surface area is 158 Å². The van der Waals surface area contributed by atoms with Crippen LogP contribution in [0.25, 0.3) is 10.1 Å². The maximum atomic E-state index is 13.4. The number of fused-ring (bicyclic) bond motifs is 1. The number of carbonyl (C=O) groups excluding carboxylic acids is 1. The minimum absolute atomic E-state index is 0.0716. The van der Waals surface area contributed by atoms with Crippen LogP contribution in [0.15, 0.2) is 41.3 Å². The predicted molar refractivity (Wildman–Crippen MR) is 102 cm³/mol. The summed E-state index contributed by atoms with van der Waals surface area (Å²) in [5, 5.41) is 3.46. The summed E-state index contributed by atoms with van der Waals surface area (Å²) in [4.78, 5) is 12.9. The second-order valence-corrected chi connectivity index (χ2v) is 8.81. The van der Waals surface area contributed by atoms with Crippen LogP contribution in [-0.4, -0.2) is 21.4 Å². The standard InChI is InChI=1S/C17H14ClFN2O3S2/c1-9-3-5-11(8-14(9)26(23,24)20-2)21-17(22)16-15(18)12-6-4-10(19)7-13(12)25-16/h3-8,20H,1-2H3,(H,21,22). The van der Waals surface area contributed by atoms with Crippen molar-refractivity contribution in [3.8, 4) is 0 Å². The number of rotatable bonds is 4. The van der Waals surface area contributed by atoms with Crippen LogP contribution in [0.4, 0.5) is 10.1 Å². The Balaban J connectivity index is 1.96. The predicted octanol–water partition coefficient (Wildman–Crippen LogP) is 4.16. The van der Waals surface area contributed by atoms with Gasteiger partial charge in [0.1, 0.15) is 10.7 Å². The molecule has 0 spiro atoms. The van der Waals surface area contributed by atoms with Crippen molar-refractivity contribution in [3.63, 3.8) is 0 Å². The van der Waals surface area contributed by atoms with Crippen molar-refractivity contribution in [3.05, 3.63) is 57.7 Å². The first-order chi connectivity index (χ1) is 12.2. The van der Waals surface area contributed by atoms with Crippen molar-refractivity contribution in [2.75, 3.05) is 12.4 Å². The number of hydrogen-bond donors (Lipinski definition) is 2. The van der Waals surface area contributed by atoms with Crippen molar-refractivity contribution in [2.45, 2.75) is 11.8 Å². The molecule has 0 unspecified atom stereocenters. The lowest BCUT2D eigenvalue weighted by atomic mass is 10.2. The molecule has 26 heavy (non-hydrogen) atoms. The molecule has 0 radical (unpaired) electrons. The molecule has 5 nitrogen and oxygen atoms in total. The van der Waals surface area contributed by atoms with E-state index in [4.69, 9.17) is 11.6 Å². The van der Waals surface area contributed by atoms with Crippen molar-refractivity contribution < 1.29 is 17.6 Å². The zero-order valence-electron chi connectivity index (χ0n) is 13.8. The Bertz CT molecular complexity index is 1130. The molecule has 0 saturated heterocycles. The van der Waals surface area contributed by atoms with E-state index in [1.165, 1.54) is 31.3 Å². The van der Waals surface area contributed by atoms with E-state index in [1.807, 2.05) is 0 Å². The van der Waals surface area contributed by atoms with Gasteiger partial charge in [0.2, 0.25) is 10.0 Å². The van der Waals surface area contributed by atoms with Gasteiger partial charge in [-0.15, -0.1) is 11.3 Å². The SMILES string of the molecule is CNS(=O)(=O)c1cc(NC(=O)c2sc3cc(F)ccc3c2Cl)ccc1C. The topological polar surface area (TPSA) is 75.3 Å². The van der Waals surface area contributed by atoms with Gasteiger partial charge in [0.15, 0.2) is 0 Å². The fourth-order valence-electron chi connectivity index (χ4n) is 2.45. The van der Waals surface area contributed by atoms with Crippen molar-refractivity contribution >= 4 is 54.6 Å². The lowest BCUT2D eigenvalue weighted by Crippen LogP contribution is -2.20. The quantitative estimate of drug-likeness (QED) is 0.675. The van der Waals surface area contributed by atoms with Crippen LogP contribution in [0.1, 0.15) is 15.2 Å².